The van der Waals surface area contributed by atoms with Crippen molar-refractivity contribution in [3.63, 3.8) is 0 Å². The fraction of sp³-hybridized carbons (Fsp3) is 0.588. The highest BCUT2D eigenvalue weighted by Gasteiger charge is 2.27. The van der Waals surface area contributed by atoms with Gasteiger partial charge in [0.15, 0.2) is 0 Å². The summed E-state index contributed by atoms with van der Waals surface area (Å²) in [7, 11) is -0.864. The molecule has 0 spiro atoms. The second kappa shape index (κ2) is 8.05. The Morgan fingerprint density at radius 1 is 1.32 bits per heavy atom. The molecule has 1 aromatic rings. The number of amides is 1. The predicted molar refractivity (Wildman–Crippen MR) is 96.4 cm³/mol. The van der Waals surface area contributed by atoms with Gasteiger partial charge in [-0.1, -0.05) is 6.07 Å². The lowest BCUT2D eigenvalue weighted by molar-refractivity contribution is 0.0504. The van der Waals surface area contributed by atoms with E-state index < -0.39 is 27.8 Å². The number of methoxy groups -OCH3 is 1. The summed E-state index contributed by atoms with van der Waals surface area (Å²) in [6, 6.07) is 4.55. The largest absolute Gasteiger partial charge is 0.495 e. The fourth-order valence-corrected chi connectivity index (χ4v) is 3.69. The van der Waals surface area contributed by atoms with Gasteiger partial charge >= 0.3 is 6.09 Å². The van der Waals surface area contributed by atoms with Gasteiger partial charge in [0.25, 0.3) is 0 Å². The lowest BCUT2D eigenvalue weighted by Gasteiger charge is -2.25. The van der Waals surface area contributed by atoms with Crippen LogP contribution in [-0.2, 0) is 14.8 Å². The minimum absolute atomic E-state index is 0.0959. The average molecular weight is 372 g/mol. The number of likely N-dealkylation sites (N-methyl/N-ethyl adjacent to an activating group) is 1. The summed E-state index contributed by atoms with van der Waals surface area (Å²) in [5.41, 5.74) is 0.198. The van der Waals surface area contributed by atoms with Crippen LogP contribution in [-0.4, -0.2) is 51.2 Å². The normalized spacial score (nSPS) is 13.4. The molecule has 0 bridgehead atoms. The first kappa shape index (κ1) is 21.2. The molecule has 0 aromatic heterocycles. The molecule has 0 saturated heterocycles. The molecule has 1 N–H and O–H groups in total. The van der Waals surface area contributed by atoms with Crippen molar-refractivity contribution in [1.82, 2.24) is 9.62 Å². The number of alkyl carbamates (subject to hydrolysis) is 1. The van der Waals surface area contributed by atoms with E-state index in [1.165, 1.54) is 18.5 Å². The molecule has 0 heterocycles. The highest BCUT2D eigenvalue weighted by atomic mass is 32.2. The van der Waals surface area contributed by atoms with Crippen molar-refractivity contribution in [2.75, 3.05) is 20.7 Å². The van der Waals surface area contributed by atoms with E-state index in [1.54, 1.807) is 45.9 Å². The van der Waals surface area contributed by atoms with Crippen LogP contribution in [0.4, 0.5) is 4.79 Å². The standard InChI is InChI=1S/C17H28N2O5S/c1-12-8-9-14(23-7)15(10-12)25(21,22)19(6)11-13(2)18-16(20)24-17(3,4)5/h8-10,13H,11H2,1-7H3,(H,18,20)/t13-/m1/s1. The Morgan fingerprint density at radius 3 is 2.44 bits per heavy atom. The van der Waals surface area contributed by atoms with E-state index in [0.29, 0.717) is 0 Å². The van der Waals surface area contributed by atoms with Gasteiger partial charge < -0.3 is 14.8 Å². The molecule has 0 aliphatic carbocycles. The van der Waals surface area contributed by atoms with Crippen LogP contribution in [0.25, 0.3) is 0 Å². The highest BCUT2D eigenvalue weighted by Crippen LogP contribution is 2.27. The summed E-state index contributed by atoms with van der Waals surface area (Å²) in [5, 5.41) is 2.63. The minimum Gasteiger partial charge on any atom is -0.495 e. The van der Waals surface area contributed by atoms with Crippen molar-refractivity contribution in [3.05, 3.63) is 23.8 Å². The van der Waals surface area contributed by atoms with E-state index in [-0.39, 0.29) is 17.2 Å². The smallest absolute Gasteiger partial charge is 0.407 e. The maximum absolute atomic E-state index is 12.8. The third-order valence-electron chi connectivity index (χ3n) is 3.30. The Bertz CT molecular complexity index is 710. The van der Waals surface area contributed by atoms with Gasteiger partial charge in [0.1, 0.15) is 16.2 Å². The van der Waals surface area contributed by atoms with E-state index in [1.807, 2.05) is 6.92 Å². The van der Waals surface area contributed by atoms with E-state index >= 15 is 0 Å². The number of hydrogen-bond donors (Lipinski definition) is 1. The minimum atomic E-state index is -3.75. The molecule has 1 aromatic carbocycles. The zero-order chi connectivity index (χ0) is 19.4. The summed E-state index contributed by atoms with van der Waals surface area (Å²) in [5.74, 6) is 0.283. The maximum Gasteiger partial charge on any atom is 0.407 e. The molecule has 25 heavy (non-hydrogen) atoms. The number of hydrogen-bond acceptors (Lipinski definition) is 5. The van der Waals surface area contributed by atoms with Gasteiger partial charge in [-0.25, -0.2) is 13.2 Å². The van der Waals surface area contributed by atoms with Crippen LogP contribution in [0.2, 0.25) is 0 Å². The monoisotopic (exact) mass is 372 g/mol. The summed E-state index contributed by atoms with van der Waals surface area (Å²) in [6.45, 7) is 8.90. The van der Waals surface area contributed by atoms with Crippen LogP contribution in [0.5, 0.6) is 5.75 Å². The van der Waals surface area contributed by atoms with Gasteiger partial charge in [0, 0.05) is 19.6 Å². The molecule has 0 aliphatic rings. The van der Waals surface area contributed by atoms with Crippen LogP contribution in [0, 0.1) is 6.92 Å². The molecule has 8 heteroatoms. The summed E-state index contributed by atoms with van der Waals surface area (Å²) >= 11 is 0. The molecule has 7 nitrogen and oxygen atoms in total. The fourth-order valence-electron chi connectivity index (χ4n) is 2.19. The molecule has 1 atom stereocenters. The Morgan fingerprint density at radius 2 is 1.92 bits per heavy atom. The predicted octanol–water partition coefficient (Wildman–Crippen LogP) is 2.54. The third kappa shape index (κ3) is 6.21. The van der Waals surface area contributed by atoms with Crippen molar-refractivity contribution in [1.29, 1.82) is 0 Å². The number of carbonyl (C=O) groups excluding carboxylic acids is 1. The van der Waals surface area contributed by atoms with E-state index in [9.17, 15) is 13.2 Å². The summed E-state index contributed by atoms with van der Waals surface area (Å²) < 4.78 is 37.2. The number of ether oxygens (including phenoxy) is 2. The first-order chi connectivity index (χ1) is 11.4. The number of benzene rings is 1. The molecule has 142 valence electrons. The number of nitrogens with one attached hydrogen (secondary N) is 1. The third-order valence-corrected chi connectivity index (χ3v) is 5.15. The lowest BCUT2D eigenvalue weighted by atomic mass is 10.2. The van der Waals surface area contributed by atoms with Gasteiger partial charge in [-0.3, -0.25) is 0 Å². The molecular formula is C17H28N2O5S. The van der Waals surface area contributed by atoms with Crippen LogP contribution in [0.3, 0.4) is 0 Å². The Kier molecular flexibility index (Phi) is 6.84. The van der Waals surface area contributed by atoms with Crippen LogP contribution < -0.4 is 10.1 Å². The van der Waals surface area contributed by atoms with Crippen molar-refractivity contribution < 1.29 is 22.7 Å². The Hall–Kier alpha value is -1.80. The number of sulfonamides is 1. The van der Waals surface area contributed by atoms with Gasteiger partial charge in [-0.2, -0.15) is 4.31 Å². The zero-order valence-corrected chi connectivity index (χ0v) is 16.7. The van der Waals surface area contributed by atoms with Crippen molar-refractivity contribution in [3.8, 4) is 5.75 Å². The SMILES string of the molecule is COc1ccc(C)cc1S(=O)(=O)N(C)C[C@@H](C)NC(=O)OC(C)(C)C. The zero-order valence-electron chi connectivity index (χ0n) is 15.9. The van der Waals surface area contributed by atoms with Gasteiger partial charge in [0.2, 0.25) is 10.0 Å². The van der Waals surface area contributed by atoms with E-state index in [4.69, 9.17) is 9.47 Å². The quantitative estimate of drug-likeness (QED) is 0.829. The Balaban J connectivity index is 2.87. The second-order valence-corrected chi connectivity index (χ2v) is 9.00. The summed E-state index contributed by atoms with van der Waals surface area (Å²) in [6.07, 6.45) is -0.584. The molecule has 1 amide bonds. The number of aryl methyl sites for hydroxylation is 1. The lowest BCUT2D eigenvalue weighted by Crippen LogP contribution is -2.44. The average Bonchev–Trinajstić information content (AvgIpc) is 2.44. The van der Waals surface area contributed by atoms with Gasteiger partial charge in [-0.15, -0.1) is 0 Å². The van der Waals surface area contributed by atoms with Crippen molar-refractivity contribution in [2.24, 2.45) is 0 Å². The maximum atomic E-state index is 12.8. The van der Waals surface area contributed by atoms with Crippen LogP contribution >= 0.6 is 0 Å². The van der Waals surface area contributed by atoms with Gasteiger partial charge in [0.05, 0.1) is 7.11 Å². The number of carbonyl (C=O) groups is 1. The molecular weight excluding hydrogens is 344 g/mol. The second-order valence-electron chi connectivity index (χ2n) is 6.99. The summed E-state index contributed by atoms with van der Waals surface area (Å²) in [4.78, 5) is 11.9. The van der Waals surface area contributed by atoms with E-state index in [2.05, 4.69) is 5.32 Å². The van der Waals surface area contributed by atoms with Crippen LogP contribution in [0.1, 0.15) is 33.3 Å². The number of nitrogens with zero attached hydrogens (tertiary/aromatic N) is 1. The molecule has 0 unspecified atom stereocenters. The molecule has 1 rings (SSSR count). The highest BCUT2D eigenvalue weighted by molar-refractivity contribution is 7.89. The van der Waals surface area contributed by atoms with Gasteiger partial charge in [-0.05, 0) is 52.3 Å². The van der Waals surface area contributed by atoms with E-state index in [0.717, 1.165) is 5.56 Å². The van der Waals surface area contributed by atoms with Crippen LogP contribution in [0.15, 0.2) is 23.1 Å². The topological polar surface area (TPSA) is 84.9 Å². The van der Waals surface area contributed by atoms with Crippen molar-refractivity contribution >= 4 is 16.1 Å². The first-order valence-corrected chi connectivity index (χ1v) is 9.41. The number of rotatable bonds is 6. The Labute approximate surface area is 150 Å². The molecule has 0 saturated carbocycles. The first-order valence-electron chi connectivity index (χ1n) is 7.97. The van der Waals surface area contributed by atoms with Crippen molar-refractivity contribution in [2.45, 2.75) is 51.2 Å². The molecule has 0 aliphatic heterocycles. The molecule has 0 fully saturated rings. The molecule has 0 radical (unpaired) electrons.